The summed E-state index contributed by atoms with van der Waals surface area (Å²) in [6.45, 7) is 0.770. The SMILES string of the molecule is BrC/C=C/Cn1nnc2ccccc21. The number of alkyl halides is 1. The average molecular weight is 252 g/mol. The Morgan fingerprint density at radius 3 is 3.00 bits per heavy atom. The zero-order chi connectivity index (χ0) is 9.80. The summed E-state index contributed by atoms with van der Waals surface area (Å²) >= 11 is 3.33. The van der Waals surface area contributed by atoms with Crippen LogP contribution in [-0.2, 0) is 6.54 Å². The second-order valence-corrected chi connectivity index (χ2v) is 3.53. The first-order valence-corrected chi connectivity index (χ1v) is 5.53. The van der Waals surface area contributed by atoms with E-state index in [1.54, 1.807) is 0 Å². The minimum atomic E-state index is 0.770. The third kappa shape index (κ3) is 1.85. The number of rotatable bonds is 3. The molecule has 0 aliphatic rings. The molecule has 14 heavy (non-hydrogen) atoms. The molecule has 72 valence electrons. The van der Waals surface area contributed by atoms with Crippen molar-refractivity contribution in [1.29, 1.82) is 0 Å². The maximum absolute atomic E-state index is 4.07. The van der Waals surface area contributed by atoms with Gasteiger partial charge < -0.3 is 0 Å². The minimum absolute atomic E-state index is 0.770. The highest BCUT2D eigenvalue weighted by molar-refractivity contribution is 9.09. The van der Waals surface area contributed by atoms with Crippen LogP contribution in [-0.4, -0.2) is 20.3 Å². The summed E-state index contributed by atoms with van der Waals surface area (Å²) < 4.78 is 1.88. The van der Waals surface area contributed by atoms with Gasteiger partial charge in [0.05, 0.1) is 12.1 Å². The molecule has 0 N–H and O–H groups in total. The molecule has 2 aromatic rings. The highest BCUT2D eigenvalue weighted by Crippen LogP contribution is 2.09. The highest BCUT2D eigenvalue weighted by atomic mass is 79.9. The van der Waals surface area contributed by atoms with E-state index in [1.807, 2.05) is 28.9 Å². The van der Waals surface area contributed by atoms with Crippen molar-refractivity contribution < 1.29 is 0 Å². The van der Waals surface area contributed by atoms with Gasteiger partial charge in [-0.05, 0) is 12.1 Å². The van der Waals surface area contributed by atoms with Crippen LogP contribution < -0.4 is 0 Å². The van der Waals surface area contributed by atoms with Gasteiger partial charge >= 0.3 is 0 Å². The second kappa shape index (κ2) is 4.37. The Morgan fingerprint density at radius 2 is 2.14 bits per heavy atom. The fraction of sp³-hybridized carbons (Fsp3) is 0.200. The van der Waals surface area contributed by atoms with Gasteiger partial charge in [0.15, 0.2) is 0 Å². The number of hydrogen-bond acceptors (Lipinski definition) is 2. The van der Waals surface area contributed by atoms with Gasteiger partial charge in [-0.15, -0.1) is 5.10 Å². The summed E-state index contributed by atoms with van der Waals surface area (Å²) in [5, 5.41) is 9.01. The van der Waals surface area contributed by atoms with Crippen LogP contribution in [0.1, 0.15) is 0 Å². The molecule has 0 spiro atoms. The number of hydrogen-bond donors (Lipinski definition) is 0. The van der Waals surface area contributed by atoms with Crippen LogP contribution in [0.25, 0.3) is 11.0 Å². The fourth-order valence-corrected chi connectivity index (χ4v) is 1.55. The summed E-state index contributed by atoms with van der Waals surface area (Å²) in [7, 11) is 0. The van der Waals surface area contributed by atoms with Crippen LogP contribution in [0.3, 0.4) is 0 Å². The Hall–Kier alpha value is -1.16. The quantitative estimate of drug-likeness (QED) is 0.620. The number of halogens is 1. The average Bonchev–Trinajstić information content (AvgIpc) is 2.63. The van der Waals surface area contributed by atoms with Crippen LogP contribution in [0, 0.1) is 0 Å². The van der Waals surface area contributed by atoms with Gasteiger partial charge in [0.2, 0.25) is 0 Å². The van der Waals surface area contributed by atoms with Crippen molar-refractivity contribution in [1.82, 2.24) is 15.0 Å². The lowest BCUT2D eigenvalue weighted by molar-refractivity contribution is 0.682. The zero-order valence-electron chi connectivity index (χ0n) is 7.60. The maximum atomic E-state index is 4.07. The Balaban J connectivity index is 2.29. The Morgan fingerprint density at radius 1 is 1.29 bits per heavy atom. The van der Waals surface area contributed by atoms with Crippen LogP contribution in [0.2, 0.25) is 0 Å². The monoisotopic (exact) mass is 251 g/mol. The molecule has 4 heteroatoms. The van der Waals surface area contributed by atoms with Crippen molar-refractivity contribution in [3.8, 4) is 0 Å². The van der Waals surface area contributed by atoms with Crippen molar-refractivity contribution in [2.24, 2.45) is 0 Å². The van der Waals surface area contributed by atoms with Gasteiger partial charge in [-0.1, -0.05) is 45.4 Å². The molecule has 0 atom stereocenters. The molecule has 0 radical (unpaired) electrons. The Kier molecular flexibility index (Phi) is 2.93. The van der Waals surface area contributed by atoms with E-state index in [2.05, 4.69) is 38.4 Å². The summed E-state index contributed by atoms with van der Waals surface area (Å²) in [4.78, 5) is 0. The first-order chi connectivity index (χ1) is 6.92. The first kappa shape index (κ1) is 9.40. The van der Waals surface area contributed by atoms with Crippen molar-refractivity contribution in [2.75, 3.05) is 5.33 Å². The number of fused-ring (bicyclic) bond motifs is 1. The minimum Gasteiger partial charge on any atom is -0.241 e. The van der Waals surface area contributed by atoms with Gasteiger partial charge in [-0.3, -0.25) is 0 Å². The lowest BCUT2D eigenvalue weighted by Crippen LogP contribution is -1.97. The number of benzene rings is 1. The van der Waals surface area contributed by atoms with Gasteiger partial charge in [0.25, 0.3) is 0 Å². The van der Waals surface area contributed by atoms with Crippen molar-refractivity contribution in [2.45, 2.75) is 6.54 Å². The molecule has 0 fully saturated rings. The van der Waals surface area contributed by atoms with Crippen LogP contribution >= 0.6 is 15.9 Å². The number of aromatic nitrogens is 3. The summed E-state index contributed by atoms with van der Waals surface area (Å²) in [6.07, 6.45) is 4.12. The molecule has 1 aromatic heterocycles. The van der Waals surface area contributed by atoms with Crippen LogP contribution in [0.5, 0.6) is 0 Å². The molecular formula is C10H10BrN3. The van der Waals surface area contributed by atoms with E-state index < -0.39 is 0 Å². The lowest BCUT2D eigenvalue weighted by Gasteiger charge is -1.95. The highest BCUT2D eigenvalue weighted by Gasteiger charge is 1.99. The van der Waals surface area contributed by atoms with Gasteiger partial charge in [-0.2, -0.15) is 0 Å². The Labute approximate surface area is 90.5 Å². The second-order valence-electron chi connectivity index (χ2n) is 2.89. The largest absolute Gasteiger partial charge is 0.241 e. The van der Waals surface area contributed by atoms with Gasteiger partial charge in [0, 0.05) is 5.33 Å². The number of nitrogens with zero attached hydrogens (tertiary/aromatic N) is 3. The van der Waals surface area contributed by atoms with E-state index >= 15 is 0 Å². The van der Waals surface area contributed by atoms with E-state index in [1.165, 1.54) is 0 Å². The smallest absolute Gasteiger partial charge is 0.113 e. The molecule has 0 unspecified atom stereocenters. The standard InChI is InChI=1S/C10H10BrN3/c11-7-3-4-8-14-10-6-2-1-5-9(10)12-13-14/h1-6H,7-8H2/b4-3+. The molecule has 1 heterocycles. The normalized spacial score (nSPS) is 11.5. The molecule has 0 aliphatic carbocycles. The number of para-hydroxylation sites is 1. The van der Waals surface area contributed by atoms with Gasteiger partial charge in [-0.25, -0.2) is 4.68 Å². The molecule has 0 saturated carbocycles. The van der Waals surface area contributed by atoms with E-state index in [-0.39, 0.29) is 0 Å². The molecule has 0 bridgehead atoms. The first-order valence-electron chi connectivity index (χ1n) is 4.41. The van der Waals surface area contributed by atoms with Gasteiger partial charge in [0.1, 0.15) is 5.52 Å². The summed E-state index contributed by atoms with van der Waals surface area (Å²) in [5.74, 6) is 0. The van der Waals surface area contributed by atoms with E-state index in [4.69, 9.17) is 0 Å². The van der Waals surface area contributed by atoms with E-state index in [0.29, 0.717) is 0 Å². The van der Waals surface area contributed by atoms with Crippen LogP contribution in [0.15, 0.2) is 36.4 Å². The fourth-order valence-electron chi connectivity index (χ4n) is 1.29. The van der Waals surface area contributed by atoms with Crippen molar-refractivity contribution >= 4 is 27.0 Å². The summed E-state index contributed by atoms with van der Waals surface area (Å²) in [6, 6.07) is 7.95. The molecule has 0 amide bonds. The Bertz CT molecular complexity index is 447. The predicted molar refractivity (Wildman–Crippen MR) is 60.5 cm³/mol. The third-order valence-corrected chi connectivity index (χ3v) is 2.33. The third-order valence-electron chi connectivity index (χ3n) is 1.95. The molecule has 0 aliphatic heterocycles. The predicted octanol–water partition coefficient (Wildman–Crippen LogP) is 2.38. The molecule has 1 aromatic carbocycles. The molecular weight excluding hydrogens is 242 g/mol. The lowest BCUT2D eigenvalue weighted by atomic mass is 10.3. The topological polar surface area (TPSA) is 30.7 Å². The maximum Gasteiger partial charge on any atom is 0.113 e. The van der Waals surface area contributed by atoms with E-state index in [9.17, 15) is 0 Å². The molecule has 0 saturated heterocycles. The van der Waals surface area contributed by atoms with Crippen molar-refractivity contribution in [3.05, 3.63) is 36.4 Å². The number of allylic oxidation sites excluding steroid dienone is 2. The zero-order valence-corrected chi connectivity index (χ0v) is 9.18. The van der Waals surface area contributed by atoms with Crippen molar-refractivity contribution in [3.63, 3.8) is 0 Å². The van der Waals surface area contributed by atoms with E-state index in [0.717, 1.165) is 22.9 Å². The summed E-state index contributed by atoms with van der Waals surface area (Å²) in [5.41, 5.74) is 2.02. The van der Waals surface area contributed by atoms with Crippen LogP contribution in [0.4, 0.5) is 0 Å². The molecule has 3 nitrogen and oxygen atoms in total. The molecule has 2 rings (SSSR count).